The van der Waals surface area contributed by atoms with Crippen molar-refractivity contribution in [1.82, 2.24) is 4.72 Å². The molecule has 0 aliphatic carbocycles. The Morgan fingerprint density at radius 2 is 1.34 bits per heavy atom. The average molecular weight is 440 g/mol. The lowest BCUT2D eigenvalue weighted by molar-refractivity contribution is 0.566. The molecule has 0 aliphatic heterocycles. The molecule has 2 rings (SSSR count). The maximum absolute atomic E-state index is 12.3. The Hall–Kier alpha value is -2.10. The summed E-state index contributed by atoms with van der Waals surface area (Å²) < 4.78 is 53.1. The second-order valence-corrected chi connectivity index (χ2v) is 11.0. The number of hydrogen-bond acceptors (Lipinski definition) is 5. The van der Waals surface area contributed by atoms with E-state index in [2.05, 4.69) is 14.8 Å². The van der Waals surface area contributed by atoms with Crippen molar-refractivity contribution >= 4 is 31.4 Å². The topological polar surface area (TPSA) is 104 Å². The summed E-state index contributed by atoms with van der Waals surface area (Å²) in [5.41, 5.74) is 1.39. The summed E-state index contributed by atoms with van der Waals surface area (Å²) in [6.45, 7) is 4.52. The minimum Gasteiger partial charge on any atom is -0.385 e. The Kier molecular flexibility index (Phi) is 8.48. The Morgan fingerprint density at radius 1 is 0.759 bits per heavy atom. The van der Waals surface area contributed by atoms with Crippen LogP contribution in [0.3, 0.4) is 0 Å². The van der Waals surface area contributed by atoms with E-state index in [0.29, 0.717) is 12.2 Å². The maximum atomic E-state index is 12.3. The monoisotopic (exact) mass is 439 g/mol. The van der Waals surface area contributed by atoms with E-state index in [0.717, 1.165) is 31.5 Å². The number of benzene rings is 2. The van der Waals surface area contributed by atoms with E-state index in [4.69, 9.17) is 0 Å². The Balaban J connectivity index is 1.70. The number of rotatable bonds is 12. The third-order valence-electron chi connectivity index (χ3n) is 4.30. The highest BCUT2D eigenvalue weighted by atomic mass is 32.2. The van der Waals surface area contributed by atoms with Crippen molar-refractivity contribution in [3.63, 3.8) is 0 Å². The van der Waals surface area contributed by atoms with E-state index in [9.17, 15) is 16.8 Å². The lowest BCUT2D eigenvalue weighted by Crippen LogP contribution is -2.31. The highest BCUT2D eigenvalue weighted by molar-refractivity contribution is 7.92. The predicted octanol–water partition coefficient (Wildman–Crippen LogP) is 3.40. The Labute approximate surface area is 174 Å². The molecule has 0 radical (unpaired) electrons. The van der Waals surface area contributed by atoms with E-state index in [-0.39, 0.29) is 4.90 Å². The molecule has 0 saturated heterocycles. The van der Waals surface area contributed by atoms with Gasteiger partial charge in [-0.1, -0.05) is 24.6 Å². The van der Waals surface area contributed by atoms with E-state index >= 15 is 0 Å². The fourth-order valence-electron chi connectivity index (χ4n) is 2.51. The Bertz CT molecular complexity index is 959. The Morgan fingerprint density at radius 3 is 1.97 bits per heavy atom. The first-order chi connectivity index (χ1) is 13.7. The molecule has 3 N–H and O–H groups in total. The van der Waals surface area contributed by atoms with Crippen LogP contribution in [0, 0.1) is 0 Å². The zero-order valence-corrected chi connectivity index (χ0v) is 18.4. The zero-order valence-electron chi connectivity index (χ0n) is 16.8. The molecule has 0 aliphatic rings. The first-order valence-electron chi connectivity index (χ1n) is 9.61. The number of sulfonamides is 2. The molecule has 2 aromatic carbocycles. The quantitative estimate of drug-likeness (QED) is 0.440. The fourth-order valence-corrected chi connectivity index (χ4v) is 4.35. The summed E-state index contributed by atoms with van der Waals surface area (Å²) >= 11 is 0. The van der Waals surface area contributed by atoms with Crippen LogP contribution < -0.4 is 14.8 Å². The van der Waals surface area contributed by atoms with Crippen molar-refractivity contribution in [1.29, 1.82) is 0 Å². The molecule has 0 aromatic heterocycles. The number of unbranched alkanes of at least 4 members (excludes halogenated alkanes) is 2. The van der Waals surface area contributed by atoms with Gasteiger partial charge >= 0.3 is 0 Å². The smallest absolute Gasteiger partial charge is 0.261 e. The molecule has 2 aromatic rings. The predicted molar refractivity (Wildman–Crippen MR) is 118 cm³/mol. The lowest BCUT2D eigenvalue weighted by Gasteiger charge is -2.11. The SMILES string of the molecule is CC(C)S(=O)(=O)NCCCCCNc1ccc(NS(=O)(=O)c2ccccc2)cc1. The van der Waals surface area contributed by atoms with Crippen molar-refractivity contribution in [2.24, 2.45) is 0 Å². The molecule has 160 valence electrons. The van der Waals surface area contributed by atoms with Crippen molar-refractivity contribution in [2.45, 2.75) is 43.3 Å². The van der Waals surface area contributed by atoms with Crippen LogP contribution in [0.25, 0.3) is 0 Å². The summed E-state index contributed by atoms with van der Waals surface area (Å²) in [5.74, 6) is 0. The van der Waals surface area contributed by atoms with Crippen LogP contribution in [-0.2, 0) is 20.0 Å². The molecule has 0 amide bonds. The van der Waals surface area contributed by atoms with Crippen LogP contribution in [0.1, 0.15) is 33.1 Å². The van der Waals surface area contributed by atoms with Gasteiger partial charge < -0.3 is 5.32 Å². The molecular formula is C20H29N3O4S2. The zero-order chi connectivity index (χ0) is 21.3. The van der Waals surface area contributed by atoms with Crippen molar-refractivity contribution in [3.05, 3.63) is 54.6 Å². The largest absolute Gasteiger partial charge is 0.385 e. The highest BCUT2D eigenvalue weighted by Gasteiger charge is 2.14. The van der Waals surface area contributed by atoms with Crippen molar-refractivity contribution < 1.29 is 16.8 Å². The second kappa shape index (κ2) is 10.6. The average Bonchev–Trinajstić information content (AvgIpc) is 2.69. The van der Waals surface area contributed by atoms with Gasteiger partial charge in [0.25, 0.3) is 10.0 Å². The molecule has 29 heavy (non-hydrogen) atoms. The number of hydrogen-bond donors (Lipinski definition) is 3. The van der Waals surface area contributed by atoms with Gasteiger partial charge in [-0.05, 0) is 63.1 Å². The van der Waals surface area contributed by atoms with Crippen LogP contribution in [0.5, 0.6) is 0 Å². The van der Waals surface area contributed by atoms with E-state index in [1.54, 1.807) is 56.3 Å². The molecule has 7 nitrogen and oxygen atoms in total. The molecule has 0 atom stereocenters. The number of anilines is 2. The second-order valence-electron chi connectivity index (χ2n) is 6.97. The van der Waals surface area contributed by atoms with Gasteiger partial charge in [-0.25, -0.2) is 21.6 Å². The fraction of sp³-hybridized carbons (Fsp3) is 0.400. The molecular weight excluding hydrogens is 410 g/mol. The van der Waals surface area contributed by atoms with Gasteiger partial charge in [0.05, 0.1) is 10.1 Å². The summed E-state index contributed by atoms with van der Waals surface area (Å²) in [4.78, 5) is 0.220. The first-order valence-corrected chi connectivity index (χ1v) is 12.6. The molecule has 0 unspecified atom stereocenters. The van der Waals surface area contributed by atoms with Gasteiger partial charge in [-0.2, -0.15) is 0 Å². The van der Waals surface area contributed by atoms with Crippen LogP contribution in [0.4, 0.5) is 11.4 Å². The third kappa shape index (κ3) is 7.68. The minimum atomic E-state index is -3.59. The van der Waals surface area contributed by atoms with Gasteiger partial charge in [0.15, 0.2) is 0 Å². The molecule has 0 fully saturated rings. The third-order valence-corrected chi connectivity index (χ3v) is 7.54. The summed E-state index contributed by atoms with van der Waals surface area (Å²) in [5, 5.41) is 2.86. The van der Waals surface area contributed by atoms with Gasteiger partial charge in [-0.15, -0.1) is 0 Å². The van der Waals surface area contributed by atoms with Gasteiger partial charge in [0.1, 0.15) is 0 Å². The molecule has 0 saturated carbocycles. The van der Waals surface area contributed by atoms with E-state index in [1.165, 1.54) is 0 Å². The van der Waals surface area contributed by atoms with E-state index < -0.39 is 25.3 Å². The highest BCUT2D eigenvalue weighted by Crippen LogP contribution is 2.18. The van der Waals surface area contributed by atoms with Gasteiger partial charge in [0.2, 0.25) is 10.0 Å². The molecule has 9 heteroatoms. The summed E-state index contributed by atoms with van der Waals surface area (Å²) in [6, 6.07) is 15.3. The van der Waals surface area contributed by atoms with E-state index in [1.807, 2.05) is 12.1 Å². The van der Waals surface area contributed by atoms with Crippen LogP contribution in [-0.4, -0.2) is 35.2 Å². The van der Waals surface area contributed by atoms with Crippen LogP contribution >= 0.6 is 0 Å². The standard InChI is InChI=1S/C20H29N3O4S2/c1-17(2)28(24,25)22-16-8-4-7-15-21-18-11-13-19(14-12-18)23-29(26,27)20-9-5-3-6-10-20/h3,5-6,9-14,17,21-23H,4,7-8,15-16H2,1-2H3. The van der Waals surface area contributed by atoms with Crippen LogP contribution in [0.15, 0.2) is 59.5 Å². The van der Waals surface area contributed by atoms with Crippen LogP contribution in [0.2, 0.25) is 0 Å². The first kappa shape index (κ1) is 23.2. The van der Waals surface area contributed by atoms with Crippen molar-refractivity contribution in [3.8, 4) is 0 Å². The normalized spacial score (nSPS) is 12.1. The maximum Gasteiger partial charge on any atom is 0.261 e. The molecule has 0 heterocycles. The number of nitrogens with one attached hydrogen (secondary N) is 3. The van der Waals surface area contributed by atoms with Crippen molar-refractivity contribution in [2.75, 3.05) is 23.1 Å². The molecule has 0 bridgehead atoms. The van der Waals surface area contributed by atoms with Gasteiger partial charge in [-0.3, -0.25) is 4.72 Å². The molecule has 0 spiro atoms. The summed E-state index contributed by atoms with van der Waals surface area (Å²) in [6.07, 6.45) is 2.60. The summed E-state index contributed by atoms with van der Waals surface area (Å²) in [7, 11) is -6.77. The lowest BCUT2D eigenvalue weighted by atomic mass is 10.2. The minimum absolute atomic E-state index is 0.220. The van der Waals surface area contributed by atoms with Gasteiger partial charge in [0, 0.05) is 24.5 Å².